The van der Waals surface area contributed by atoms with Gasteiger partial charge < -0.3 is 21.7 Å². The number of carbonyl (C=O) groups is 2. The summed E-state index contributed by atoms with van der Waals surface area (Å²) >= 11 is 0. The van der Waals surface area contributed by atoms with Crippen molar-refractivity contribution in [3.05, 3.63) is 36.2 Å². The SMILES string of the molecule is NC(/C=C(\N)n1c(C(F)F)nc2ccccc21)=N[C@H]1CCN(C(=O)C2CCCC(=O)N2)C1. The van der Waals surface area contributed by atoms with Gasteiger partial charge in [0.2, 0.25) is 11.8 Å². The van der Waals surface area contributed by atoms with Crippen molar-refractivity contribution in [1.82, 2.24) is 19.8 Å². The van der Waals surface area contributed by atoms with Crippen LogP contribution in [0.2, 0.25) is 0 Å². The Kier molecular flexibility index (Phi) is 6.06. The van der Waals surface area contributed by atoms with Crippen molar-refractivity contribution in [2.75, 3.05) is 13.1 Å². The Hall–Kier alpha value is -3.50. The molecular weight excluding hydrogens is 420 g/mol. The number of piperidine rings is 1. The molecular formula is C21H25F2N7O2. The monoisotopic (exact) mass is 445 g/mol. The maximum atomic E-state index is 13.5. The van der Waals surface area contributed by atoms with Crippen LogP contribution in [0.25, 0.3) is 16.9 Å². The summed E-state index contributed by atoms with van der Waals surface area (Å²) in [6.07, 6.45) is 0.880. The first-order valence-electron chi connectivity index (χ1n) is 10.5. The molecule has 4 rings (SSSR count). The molecule has 5 N–H and O–H groups in total. The topological polar surface area (TPSA) is 132 Å². The number of imidazole rings is 1. The molecule has 2 aliphatic rings. The van der Waals surface area contributed by atoms with E-state index in [4.69, 9.17) is 11.5 Å². The maximum absolute atomic E-state index is 13.5. The first-order chi connectivity index (χ1) is 15.3. The number of aliphatic imine (C=N–C) groups is 1. The van der Waals surface area contributed by atoms with Crippen molar-refractivity contribution < 1.29 is 18.4 Å². The van der Waals surface area contributed by atoms with Gasteiger partial charge in [-0.15, -0.1) is 0 Å². The number of nitrogens with one attached hydrogen (secondary N) is 1. The first-order valence-corrected chi connectivity index (χ1v) is 10.5. The molecule has 2 aliphatic heterocycles. The third kappa shape index (κ3) is 4.41. The summed E-state index contributed by atoms with van der Waals surface area (Å²) in [6, 6.07) is 5.95. The third-order valence-corrected chi connectivity index (χ3v) is 5.67. The number of likely N-dealkylation sites (tertiary alicyclic amines) is 1. The van der Waals surface area contributed by atoms with Crippen LogP contribution >= 0.6 is 0 Å². The summed E-state index contributed by atoms with van der Waals surface area (Å²) in [5.41, 5.74) is 13.0. The normalized spacial score (nSPS) is 22.6. The van der Waals surface area contributed by atoms with Gasteiger partial charge >= 0.3 is 0 Å². The number of amidine groups is 1. The summed E-state index contributed by atoms with van der Waals surface area (Å²) in [5.74, 6) is -0.643. The Morgan fingerprint density at radius 3 is 2.81 bits per heavy atom. The van der Waals surface area contributed by atoms with Crippen LogP contribution in [0.3, 0.4) is 0 Å². The molecule has 2 fully saturated rings. The van der Waals surface area contributed by atoms with Crippen molar-refractivity contribution in [2.45, 2.75) is 44.2 Å². The fourth-order valence-electron chi connectivity index (χ4n) is 4.18. The van der Waals surface area contributed by atoms with Gasteiger partial charge in [0.05, 0.1) is 17.1 Å². The predicted molar refractivity (Wildman–Crippen MR) is 116 cm³/mol. The second kappa shape index (κ2) is 8.93. The number of nitrogens with two attached hydrogens (primary N) is 2. The second-order valence-electron chi connectivity index (χ2n) is 7.96. The van der Waals surface area contributed by atoms with E-state index in [2.05, 4.69) is 15.3 Å². The molecule has 170 valence electrons. The lowest BCUT2D eigenvalue weighted by molar-refractivity contribution is -0.137. The van der Waals surface area contributed by atoms with E-state index in [0.29, 0.717) is 49.8 Å². The number of rotatable bonds is 5. The van der Waals surface area contributed by atoms with Crippen LogP contribution in [0.4, 0.5) is 8.78 Å². The van der Waals surface area contributed by atoms with Gasteiger partial charge in [0.1, 0.15) is 17.7 Å². The molecule has 2 amide bonds. The highest BCUT2D eigenvalue weighted by Crippen LogP contribution is 2.26. The van der Waals surface area contributed by atoms with Gasteiger partial charge in [-0.2, -0.15) is 0 Å². The molecule has 11 heteroatoms. The number of fused-ring (bicyclic) bond motifs is 1. The number of aromatic nitrogens is 2. The molecule has 3 heterocycles. The molecule has 0 radical (unpaired) electrons. The number of para-hydroxylation sites is 2. The first kappa shape index (κ1) is 21.7. The minimum absolute atomic E-state index is 0.0221. The van der Waals surface area contributed by atoms with Crippen molar-refractivity contribution in [2.24, 2.45) is 16.5 Å². The summed E-state index contributed by atoms with van der Waals surface area (Å²) in [4.78, 5) is 34.3. The van der Waals surface area contributed by atoms with Gasteiger partial charge in [0.25, 0.3) is 6.43 Å². The lowest BCUT2D eigenvalue weighted by atomic mass is 10.0. The van der Waals surface area contributed by atoms with E-state index >= 15 is 0 Å². The Morgan fingerprint density at radius 2 is 2.06 bits per heavy atom. The van der Waals surface area contributed by atoms with E-state index in [1.165, 1.54) is 10.6 Å². The molecule has 0 bridgehead atoms. The smallest absolute Gasteiger partial charge is 0.296 e. The van der Waals surface area contributed by atoms with Gasteiger partial charge in [-0.25, -0.2) is 13.8 Å². The molecule has 0 aliphatic carbocycles. The van der Waals surface area contributed by atoms with E-state index in [9.17, 15) is 18.4 Å². The minimum Gasteiger partial charge on any atom is -0.385 e. The van der Waals surface area contributed by atoms with Crippen molar-refractivity contribution >= 4 is 34.5 Å². The Labute approximate surface area is 183 Å². The highest BCUT2D eigenvalue weighted by molar-refractivity contribution is 5.96. The molecule has 32 heavy (non-hydrogen) atoms. The molecule has 2 saturated heterocycles. The van der Waals surface area contributed by atoms with Gasteiger partial charge in [-0.05, 0) is 31.4 Å². The molecule has 1 aromatic carbocycles. The van der Waals surface area contributed by atoms with Crippen molar-refractivity contribution in [1.29, 1.82) is 0 Å². The van der Waals surface area contributed by atoms with E-state index in [-0.39, 0.29) is 29.5 Å². The zero-order valence-corrected chi connectivity index (χ0v) is 17.4. The lowest BCUT2D eigenvalue weighted by Gasteiger charge is -2.26. The zero-order chi connectivity index (χ0) is 22.8. The van der Waals surface area contributed by atoms with Crippen LogP contribution in [0.5, 0.6) is 0 Å². The predicted octanol–water partition coefficient (Wildman–Crippen LogP) is 1.36. The van der Waals surface area contributed by atoms with E-state index in [1.54, 1.807) is 29.2 Å². The number of halogens is 2. The Bertz CT molecular complexity index is 1100. The van der Waals surface area contributed by atoms with Gasteiger partial charge in [0, 0.05) is 25.6 Å². The summed E-state index contributed by atoms with van der Waals surface area (Å²) < 4.78 is 28.2. The summed E-state index contributed by atoms with van der Waals surface area (Å²) in [7, 11) is 0. The maximum Gasteiger partial charge on any atom is 0.296 e. The standard InChI is InChI=1S/C21H25F2N7O2/c22-19(23)20-28-13-4-1-2-6-15(13)30(20)17(25)10-16(24)26-12-8-9-29(11-12)21(32)14-5-3-7-18(31)27-14/h1-2,4,6,10,12,14,19H,3,5,7-9,11,25H2,(H2,24,26)(H,27,31)/b17-10+/t12-,14?/m0/s1. The van der Waals surface area contributed by atoms with Crippen molar-refractivity contribution in [3.63, 3.8) is 0 Å². The quantitative estimate of drug-likeness (QED) is 0.472. The van der Waals surface area contributed by atoms with Crippen LogP contribution in [-0.2, 0) is 9.59 Å². The highest BCUT2D eigenvalue weighted by atomic mass is 19.3. The van der Waals surface area contributed by atoms with E-state index < -0.39 is 18.3 Å². The Morgan fingerprint density at radius 1 is 1.28 bits per heavy atom. The Balaban J connectivity index is 1.48. The zero-order valence-electron chi connectivity index (χ0n) is 17.4. The molecule has 2 aromatic rings. The average molecular weight is 445 g/mol. The number of alkyl halides is 2. The molecule has 2 atom stereocenters. The van der Waals surface area contributed by atoms with Gasteiger partial charge in [-0.3, -0.25) is 19.1 Å². The molecule has 9 nitrogen and oxygen atoms in total. The number of carbonyl (C=O) groups excluding carboxylic acids is 2. The molecule has 1 aromatic heterocycles. The molecule has 0 spiro atoms. The van der Waals surface area contributed by atoms with Crippen LogP contribution in [-0.4, -0.2) is 57.3 Å². The lowest BCUT2D eigenvalue weighted by Crippen LogP contribution is -2.50. The van der Waals surface area contributed by atoms with E-state index in [0.717, 1.165) is 0 Å². The number of amides is 2. The average Bonchev–Trinajstić information content (AvgIpc) is 3.37. The van der Waals surface area contributed by atoms with Crippen molar-refractivity contribution in [3.8, 4) is 0 Å². The molecule has 0 saturated carbocycles. The second-order valence-corrected chi connectivity index (χ2v) is 7.96. The van der Waals surface area contributed by atoms with Crippen LogP contribution < -0.4 is 16.8 Å². The largest absolute Gasteiger partial charge is 0.385 e. The van der Waals surface area contributed by atoms with E-state index in [1.807, 2.05) is 0 Å². The highest BCUT2D eigenvalue weighted by Gasteiger charge is 2.33. The fourth-order valence-corrected chi connectivity index (χ4v) is 4.18. The fraction of sp³-hybridized carbons (Fsp3) is 0.429. The van der Waals surface area contributed by atoms with Crippen LogP contribution in [0.15, 0.2) is 35.3 Å². The van der Waals surface area contributed by atoms with Gasteiger partial charge in [-0.1, -0.05) is 12.1 Å². The van der Waals surface area contributed by atoms with Crippen LogP contribution in [0.1, 0.15) is 37.9 Å². The van der Waals surface area contributed by atoms with Gasteiger partial charge in [0.15, 0.2) is 5.82 Å². The van der Waals surface area contributed by atoms with Crippen LogP contribution in [0, 0.1) is 0 Å². The molecule has 1 unspecified atom stereocenters. The summed E-state index contributed by atoms with van der Waals surface area (Å²) in [5, 5.41) is 2.73. The number of nitrogens with zero attached hydrogens (tertiary/aromatic N) is 4. The number of hydrogen-bond donors (Lipinski definition) is 3. The minimum atomic E-state index is -2.82. The third-order valence-electron chi connectivity index (χ3n) is 5.67. The summed E-state index contributed by atoms with van der Waals surface area (Å²) in [6.45, 7) is 0.878. The number of hydrogen-bond acceptors (Lipinski definition) is 5. The number of benzene rings is 1.